The zero-order chi connectivity index (χ0) is 18.0. The molecule has 1 amide bonds. The van der Waals surface area contributed by atoms with E-state index in [0.717, 1.165) is 11.8 Å². The molecule has 2 aromatic rings. The van der Waals surface area contributed by atoms with Crippen molar-refractivity contribution < 1.29 is 13.9 Å². The lowest BCUT2D eigenvalue weighted by molar-refractivity contribution is -0.115. The molecule has 2 N–H and O–H groups in total. The highest BCUT2D eigenvalue weighted by Crippen LogP contribution is 2.31. The van der Waals surface area contributed by atoms with Crippen molar-refractivity contribution in [2.24, 2.45) is 0 Å². The van der Waals surface area contributed by atoms with Crippen LogP contribution in [-0.4, -0.2) is 11.1 Å². The summed E-state index contributed by atoms with van der Waals surface area (Å²) in [7, 11) is 0. The Morgan fingerprint density at radius 2 is 2.08 bits per heavy atom. The number of carbonyl (C=O) groups excluding carboxylic acids is 1. The molecule has 1 saturated heterocycles. The van der Waals surface area contributed by atoms with E-state index in [1.807, 2.05) is 0 Å². The molecule has 0 atom stereocenters. The maximum atomic E-state index is 13.9. The van der Waals surface area contributed by atoms with Crippen LogP contribution >= 0.6 is 35.0 Å². The minimum Gasteiger partial charge on any atom is -0.488 e. The van der Waals surface area contributed by atoms with Crippen LogP contribution in [0.4, 0.5) is 4.39 Å². The third kappa shape index (κ3) is 4.15. The van der Waals surface area contributed by atoms with E-state index in [0.29, 0.717) is 21.2 Å². The Morgan fingerprint density at radius 3 is 2.76 bits per heavy atom. The number of amidine groups is 1. The molecule has 2 aromatic carbocycles. The molecule has 0 aromatic heterocycles. The van der Waals surface area contributed by atoms with Gasteiger partial charge in [0.05, 0.1) is 9.93 Å². The Balaban J connectivity index is 1.88. The summed E-state index contributed by atoms with van der Waals surface area (Å²) >= 11 is 13.0. The zero-order valence-corrected chi connectivity index (χ0v) is 14.9. The van der Waals surface area contributed by atoms with Crippen molar-refractivity contribution in [3.8, 4) is 5.75 Å². The van der Waals surface area contributed by atoms with Crippen molar-refractivity contribution in [1.82, 2.24) is 5.32 Å². The monoisotopic (exact) mass is 396 g/mol. The second-order valence-electron chi connectivity index (χ2n) is 5.06. The second kappa shape index (κ2) is 7.47. The van der Waals surface area contributed by atoms with Gasteiger partial charge in [0.1, 0.15) is 18.2 Å². The lowest BCUT2D eigenvalue weighted by Gasteiger charge is -2.12. The van der Waals surface area contributed by atoms with E-state index >= 15 is 0 Å². The zero-order valence-electron chi connectivity index (χ0n) is 12.6. The molecule has 0 bridgehead atoms. The number of ether oxygens (including phenoxy) is 1. The molecule has 128 valence electrons. The highest BCUT2D eigenvalue weighted by molar-refractivity contribution is 8.18. The molecular weight excluding hydrogens is 386 g/mol. The fourth-order valence-corrected chi connectivity index (χ4v) is 3.26. The van der Waals surface area contributed by atoms with Crippen LogP contribution in [0.25, 0.3) is 6.08 Å². The predicted molar refractivity (Wildman–Crippen MR) is 98.6 cm³/mol. The van der Waals surface area contributed by atoms with Crippen molar-refractivity contribution in [3.05, 3.63) is 68.3 Å². The molecule has 1 aliphatic heterocycles. The average Bonchev–Trinajstić information content (AvgIpc) is 2.86. The third-order valence-electron chi connectivity index (χ3n) is 3.36. The number of carbonyl (C=O) groups is 1. The smallest absolute Gasteiger partial charge is 0.264 e. The number of amides is 1. The Labute approximate surface area is 157 Å². The van der Waals surface area contributed by atoms with Gasteiger partial charge in [-0.15, -0.1) is 0 Å². The van der Waals surface area contributed by atoms with Crippen LogP contribution < -0.4 is 10.1 Å². The minimum atomic E-state index is -0.458. The van der Waals surface area contributed by atoms with E-state index in [1.54, 1.807) is 30.3 Å². The van der Waals surface area contributed by atoms with E-state index in [-0.39, 0.29) is 28.3 Å². The lowest BCUT2D eigenvalue weighted by atomic mass is 10.1. The van der Waals surface area contributed by atoms with Crippen LogP contribution in [0.5, 0.6) is 5.75 Å². The molecule has 1 fully saturated rings. The molecule has 8 heteroatoms. The Hall–Kier alpha value is -2.02. The normalized spacial score (nSPS) is 15.6. The fourth-order valence-electron chi connectivity index (χ4n) is 2.17. The Bertz CT molecular complexity index is 882. The first-order chi connectivity index (χ1) is 11.9. The van der Waals surface area contributed by atoms with Gasteiger partial charge in [0.15, 0.2) is 5.17 Å². The van der Waals surface area contributed by atoms with E-state index in [1.165, 1.54) is 12.1 Å². The number of benzene rings is 2. The molecule has 0 aliphatic carbocycles. The summed E-state index contributed by atoms with van der Waals surface area (Å²) in [4.78, 5) is 12.1. The first-order valence-corrected chi connectivity index (χ1v) is 8.66. The number of nitrogens with one attached hydrogen (secondary N) is 2. The summed E-state index contributed by atoms with van der Waals surface area (Å²) in [6, 6.07) is 9.30. The van der Waals surface area contributed by atoms with Crippen LogP contribution in [0, 0.1) is 11.2 Å². The molecule has 1 aliphatic rings. The second-order valence-corrected chi connectivity index (χ2v) is 6.96. The molecule has 4 nitrogen and oxygen atoms in total. The topological polar surface area (TPSA) is 62.2 Å². The van der Waals surface area contributed by atoms with Crippen LogP contribution in [0.2, 0.25) is 10.0 Å². The maximum absolute atomic E-state index is 13.9. The first-order valence-electron chi connectivity index (χ1n) is 7.09. The highest BCUT2D eigenvalue weighted by Gasteiger charge is 2.23. The molecule has 0 spiro atoms. The molecule has 25 heavy (non-hydrogen) atoms. The summed E-state index contributed by atoms with van der Waals surface area (Å²) in [6.45, 7) is -0.0710. The molecule has 3 rings (SSSR count). The molecule has 1 heterocycles. The van der Waals surface area contributed by atoms with E-state index in [2.05, 4.69) is 5.32 Å². The van der Waals surface area contributed by atoms with Crippen molar-refractivity contribution in [3.63, 3.8) is 0 Å². The van der Waals surface area contributed by atoms with Gasteiger partial charge < -0.3 is 10.1 Å². The molecule has 0 radical (unpaired) electrons. The number of hydrogen-bond acceptors (Lipinski definition) is 4. The minimum absolute atomic E-state index is 0.0545. The lowest BCUT2D eigenvalue weighted by Crippen LogP contribution is -2.18. The van der Waals surface area contributed by atoms with Crippen molar-refractivity contribution in [2.75, 3.05) is 0 Å². The van der Waals surface area contributed by atoms with E-state index in [9.17, 15) is 9.18 Å². The Kier molecular flexibility index (Phi) is 5.32. The summed E-state index contributed by atoms with van der Waals surface area (Å²) in [5.74, 6) is -0.401. The van der Waals surface area contributed by atoms with Crippen LogP contribution in [0.1, 0.15) is 11.1 Å². The fraction of sp³-hybridized carbons (Fsp3) is 0.0588. The van der Waals surface area contributed by atoms with Gasteiger partial charge in [-0.2, -0.15) is 0 Å². The van der Waals surface area contributed by atoms with Gasteiger partial charge in [-0.05, 0) is 48.2 Å². The van der Waals surface area contributed by atoms with E-state index < -0.39 is 5.82 Å². The van der Waals surface area contributed by atoms with Gasteiger partial charge in [-0.25, -0.2) is 4.39 Å². The highest BCUT2D eigenvalue weighted by atomic mass is 35.5. The number of hydrogen-bond donors (Lipinski definition) is 2. The van der Waals surface area contributed by atoms with Gasteiger partial charge in [-0.3, -0.25) is 10.2 Å². The Morgan fingerprint density at radius 1 is 1.28 bits per heavy atom. The van der Waals surface area contributed by atoms with Gasteiger partial charge in [-0.1, -0.05) is 29.3 Å². The van der Waals surface area contributed by atoms with Gasteiger partial charge in [0.2, 0.25) is 0 Å². The summed E-state index contributed by atoms with van der Waals surface area (Å²) in [5, 5.41) is 10.7. The molecule has 0 unspecified atom stereocenters. The standard InChI is InChI=1S/C17H11Cl2FN2O2S/c18-10-4-5-14(24-8-11-12(19)2-1-3-13(11)20)9(6-10)7-15-16(23)22-17(21)25-15/h1-7H,8H2,(H2,21,22,23). The van der Waals surface area contributed by atoms with Gasteiger partial charge >= 0.3 is 0 Å². The maximum Gasteiger partial charge on any atom is 0.264 e. The van der Waals surface area contributed by atoms with Crippen molar-refractivity contribution in [1.29, 1.82) is 5.41 Å². The SMILES string of the molecule is N=C1NC(=O)C(=Cc2cc(Cl)ccc2OCc2c(F)cccc2Cl)S1. The summed E-state index contributed by atoms with van der Waals surface area (Å²) in [5.41, 5.74) is 0.791. The average molecular weight is 397 g/mol. The number of rotatable bonds is 4. The van der Waals surface area contributed by atoms with Crippen LogP contribution in [0.3, 0.4) is 0 Å². The van der Waals surface area contributed by atoms with Crippen molar-refractivity contribution >= 4 is 52.1 Å². The summed E-state index contributed by atoms with van der Waals surface area (Å²) < 4.78 is 19.6. The molecular formula is C17H11Cl2FN2O2S. The third-order valence-corrected chi connectivity index (χ3v) is 4.77. The van der Waals surface area contributed by atoms with Crippen molar-refractivity contribution in [2.45, 2.75) is 6.61 Å². The van der Waals surface area contributed by atoms with Crippen LogP contribution in [0.15, 0.2) is 41.3 Å². The summed E-state index contributed by atoms with van der Waals surface area (Å²) in [6.07, 6.45) is 1.58. The predicted octanol–water partition coefficient (Wildman–Crippen LogP) is 4.85. The first kappa shape index (κ1) is 17.8. The number of halogens is 3. The molecule has 0 saturated carbocycles. The van der Waals surface area contributed by atoms with Gasteiger partial charge in [0, 0.05) is 16.1 Å². The van der Waals surface area contributed by atoms with Crippen LogP contribution in [-0.2, 0) is 11.4 Å². The van der Waals surface area contributed by atoms with E-state index in [4.69, 9.17) is 33.3 Å². The number of thioether (sulfide) groups is 1. The quantitative estimate of drug-likeness (QED) is 0.725. The largest absolute Gasteiger partial charge is 0.488 e. The van der Waals surface area contributed by atoms with Gasteiger partial charge in [0.25, 0.3) is 5.91 Å².